The molecule has 0 bridgehead atoms. The Labute approximate surface area is 156 Å². The number of carbonyl (C=O) groups is 1. The topological polar surface area (TPSA) is 69.7 Å². The highest BCUT2D eigenvalue weighted by Crippen LogP contribution is 2.21. The van der Waals surface area contributed by atoms with Crippen LogP contribution in [-0.4, -0.2) is 55.5 Å². The SMILES string of the molecule is CS(=O)(=O)N1CCCC1C(=O)NCc1ccccc1CN1CCCCC1. The summed E-state index contributed by atoms with van der Waals surface area (Å²) < 4.78 is 25.0. The van der Waals surface area contributed by atoms with Gasteiger partial charge < -0.3 is 5.32 Å². The van der Waals surface area contributed by atoms with Gasteiger partial charge in [-0.1, -0.05) is 30.7 Å². The minimum Gasteiger partial charge on any atom is -0.351 e. The van der Waals surface area contributed by atoms with Gasteiger partial charge in [0, 0.05) is 19.6 Å². The Morgan fingerprint density at radius 1 is 1.08 bits per heavy atom. The molecule has 0 aliphatic carbocycles. The molecule has 0 spiro atoms. The normalized spacial score (nSPS) is 22.4. The first kappa shape index (κ1) is 19.3. The van der Waals surface area contributed by atoms with Crippen LogP contribution in [0.3, 0.4) is 0 Å². The quantitative estimate of drug-likeness (QED) is 0.817. The second-order valence-corrected chi connectivity index (χ2v) is 9.29. The van der Waals surface area contributed by atoms with Crippen LogP contribution in [0.2, 0.25) is 0 Å². The first-order valence-corrected chi connectivity index (χ1v) is 11.3. The van der Waals surface area contributed by atoms with Gasteiger partial charge >= 0.3 is 0 Å². The van der Waals surface area contributed by atoms with Gasteiger partial charge in [0.1, 0.15) is 6.04 Å². The summed E-state index contributed by atoms with van der Waals surface area (Å²) in [6.45, 7) is 4.04. The zero-order valence-corrected chi connectivity index (χ0v) is 16.3. The van der Waals surface area contributed by atoms with Gasteiger partial charge in [0.15, 0.2) is 0 Å². The molecule has 1 atom stereocenters. The van der Waals surface area contributed by atoms with Crippen molar-refractivity contribution in [1.82, 2.24) is 14.5 Å². The van der Waals surface area contributed by atoms with Crippen molar-refractivity contribution >= 4 is 15.9 Å². The van der Waals surface area contributed by atoms with E-state index in [1.807, 2.05) is 18.2 Å². The van der Waals surface area contributed by atoms with Crippen molar-refractivity contribution in [2.45, 2.75) is 51.2 Å². The third kappa shape index (κ3) is 4.84. The Balaban J connectivity index is 1.61. The highest BCUT2D eigenvalue weighted by atomic mass is 32.2. The molecular weight excluding hydrogens is 350 g/mol. The number of piperidine rings is 1. The lowest BCUT2D eigenvalue weighted by molar-refractivity contribution is -0.124. The molecule has 2 aliphatic heterocycles. The molecule has 1 N–H and O–H groups in total. The predicted octanol–water partition coefficient (Wildman–Crippen LogP) is 1.71. The van der Waals surface area contributed by atoms with Gasteiger partial charge in [-0.3, -0.25) is 9.69 Å². The molecule has 3 rings (SSSR count). The molecule has 2 fully saturated rings. The summed E-state index contributed by atoms with van der Waals surface area (Å²) in [5.41, 5.74) is 2.34. The van der Waals surface area contributed by atoms with E-state index in [1.165, 1.54) is 35.4 Å². The van der Waals surface area contributed by atoms with Crippen LogP contribution in [0.4, 0.5) is 0 Å². The lowest BCUT2D eigenvalue weighted by atomic mass is 10.0. The summed E-state index contributed by atoms with van der Waals surface area (Å²) in [4.78, 5) is 15.0. The van der Waals surface area contributed by atoms with Crippen molar-refractivity contribution in [1.29, 1.82) is 0 Å². The van der Waals surface area contributed by atoms with E-state index >= 15 is 0 Å². The van der Waals surface area contributed by atoms with Crippen molar-refractivity contribution in [3.8, 4) is 0 Å². The lowest BCUT2D eigenvalue weighted by Gasteiger charge is -2.27. The first-order valence-electron chi connectivity index (χ1n) is 9.49. The summed E-state index contributed by atoms with van der Waals surface area (Å²) in [5, 5.41) is 2.96. The van der Waals surface area contributed by atoms with Crippen LogP contribution >= 0.6 is 0 Å². The van der Waals surface area contributed by atoms with Crippen molar-refractivity contribution in [2.75, 3.05) is 25.9 Å². The van der Waals surface area contributed by atoms with E-state index in [0.717, 1.165) is 31.6 Å². The first-order chi connectivity index (χ1) is 12.4. The Morgan fingerprint density at radius 3 is 2.46 bits per heavy atom. The van der Waals surface area contributed by atoms with E-state index in [1.54, 1.807) is 0 Å². The largest absolute Gasteiger partial charge is 0.351 e. The van der Waals surface area contributed by atoms with Gasteiger partial charge in [-0.15, -0.1) is 0 Å². The Morgan fingerprint density at radius 2 is 1.77 bits per heavy atom. The summed E-state index contributed by atoms with van der Waals surface area (Å²) in [7, 11) is -3.34. The highest BCUT2D eigenvalue weighted by molar-refractivity contribution is 7.88. The maximum absolute atomic E-state index is 12.5. The second kappa shape index (κ2) is 8.50. The van der Waals surface area contributed by atoms with Crippen LogP contribution in [0.25, 0.3) is 0 Å². The number of likely N-dealkylation sites (tertiary alicyclic amines) is 1. The van der Waals surface area contributed by atoms with Crippen molar-refractivity contribution in [3.05, 3.63) is 35.4 Å². The van der Waals surface area contributed by atoms with Gasteiger partial charge in [0.05, 0.1) is 6.26 Å². The summed E-state index contributed by atoms with van der Waals surface area (Å²) in [5.74, 6) is -0.194. The van der Waals surface area contributed by atoms with Crippen LogP contribution in [0, 0.1) is 0 Å². The van der Waals surface area contributed by atoms with Gasteiger partial charge in [-0.05, 0) is 49.9 Å². The zero-order chi connectivity index (χ0) is 18.6. The maximum atomic E-state index is 12.5. The van der Waals surface area contributed by atoms with Crippen molar-refractivity contribution < 1.29 is 13.2 Å². The molecule has 2 saturated heterocycles. The molecular formula is C19H29N3O3S. The van der Waals surface area contributed by atoms with Crippen LogP contribution in [-0.2, 0) is 27.9 Å². The molecule has 26 heavy (non-hydrogen) atoms. The lowest BCUT2D eigenvalue weighted by Crippen LogP contribution is -2.45. The smallest absolute Gasteiger partial charge is 0.238 e. The van der Waals surface area contributed by atoms with Crippen LogP contribution in [0.5, 0.6) is 0 Å². The zero-order valence-electron chi connectivity index (χ0n) is 15.5. The maximum Gasteiger partial charge on any atom is 0.238 e. The van der Waals surface area contributed by atoms with Gasteiger partial charge in [0.2, 0.25) is 15.9 Å². The highest BCUT2D eigenvalue weighted by Gasteiger charge is 2.36. The molecule has 0 aromatic heterocycles. The molecule has 1 aromatic rings. The average molecular weight is 380 g/mol. The fraction of sp³-hybridized carbons (Fsp3) is 0.632. The molecule has 6 nitrogen and oxygen atoms in total. The fourth-order valence-electron chi connectivity index (χ4n) is 3.94. The number of nitrogens with zero attached hydrogens (tertiary/aromatic N) is 2. The van der Waals surface area contributed by atoms with E-state index in [-0.39, 0.29) is 5.91 Å². The summed E-state index contributed by atoms with van der Waals surface area (Å²) in [6, 6.07) is 7.61. The van der Waals surface area contributed by atoms with Crippen LogP contribution < -0.4 is 5.32 Å². The number of benzene rings is 1. The molecule has 0 radical (unpaired) electrons. The van der Waals surface area contributed by atoms with Crippen LogP contribution in [0.15, 0.2) is 24.3 Å². The van der Waals surface area contributed by atoms with Crippen molar-refractivity contribution in [3.63, 3.8) is 0 Å². The number of carbonyl (C=O) groups excluding carboxylic acids is 1. The summed E-state index contributed by atoms with van der Waals surface area (Å²) in [6.07, 6.45) is 6.31. The van der Waals surface area contributed by atoms with E-state index in [4.69, 9.17) is 0 Å². The third-order valence-electron chi connectivity index (χ3n) is 5.35. The standard InChI is InChI=1S/C19H29N3O3S/c1-26(24,25)22-13-7-10-18(22)19(23)20-14-16-8-3-4-9-17(16)15-21-11-5-2-6-12-21/h3-4,8-9,18H,2,5-7,10-15H2,1H3,(H,20,23). The molecule has 1 amide bonds. The monoisotopic (exact) mass is 379 g/mol. The Bertz CT molecular complexity index is 729. The second-order valence-electron chi connectivity index (χ2n) is 7.36. The predicted molar refractivity (Wildman–Crippen MR) is 102 cm³/mol. The molecule has 0 saturated carbocycles. The molecule has 2 aliphatic rings. The minimum absolute atomic E-state index is 0.194. The third-order valence-corrected chi connectivity index (χ3v) is 6.64. The van der Waals surface area contributed by atoms with E-state index in [2.05, 4.69) is 16.3 Å². The average Bonchev–Trinajstić information content (AvgIpc) is 3.12. The summed E-state index contributed by atoms with van der Waals surface area (Å²) >= 11 is 0. The Kier molecular flexibility index (Phi) is 6.32. The van der Waals surface area contributed by atoms with Crippen LogP contribution in [0.1, 0.15) is 43.2 Å². The number of sulfonamides is 1. The van der Waals surface area contributed by atoms with Crippen molar-refractivity contribution in [2.24, 2.45) is 0 Å². The molecule has 144 valence electrons. The number of hydrogen-bond donors (Lipinski definition) is 1. The van der Waals surface area contributed by atoms with E-state index in [9.17, 15) is 13.2 Å². The number of rotatable bonds is 6. The fourth-order valence-corrected chi connectivity index (χ4v) is 5.07. The van der Waals surface area contributed by atoms with Gasteiger partial charge in [0.25, 0.3) is 0 Å². The molecule has 2 heterocycles. The molecule has 1 aromatic carbocycles. The molecule has 1 unspecified atom stereocenters. The van der Waals surface area contributed by atoms with E-state index < -0.39 is 16.1 Å². The number of nitrogens with one attached hydrogen (secondary N) is 1. The van der Waals surface area contributed by atoms with E-state index in [0.29, 0.717) is 19.5 Å². The number of amides is 1. The minimum atomic E-state index is -3.34. The van der Waals surface area contributed by atoms with Gasteiger partial charge in [-0.2, -0.15) is 4.31 Å². The molecule has 7 heteroatoms. The number of hydrogen-bond acceptors (Lipinski definition) is 4. The van der Waals surface area contributed by atoms with Gasteiger partial charge in [-0.25, -0.2) is 8.42 Å². The Hall–Kier alpha value is -1.44.